The van der Waals surface area contributed by atoms with Crippen LogP contribution in [0, 0.1) is 0 Å². The first-order valence-corrected chi connectivity index (χ1v) is 8.23. The number of carbonyl (C=O) groups is 1. The summed E-state index contributed by atoms with van der Waals surface area (Å²) in [7, 11) is 0. The number of pyridine rings is 1. The summed E-state index contributed by atoms with van der Waals surface area (Å²) in [4.78, 5) is 16.7. The highest BCUT2D eigenvalue weighted by Gasteiger charge is 2.14. The van der Waals surface area contributed by atoms with Crippen LogP contribution in [-0.2, 0) is 0 Å². The molecule has 0 radical (unpaired) electrons. The summed E-state index contributed by atoms with van der Waals surface area (Å²) >= 11 is 0. The summed E-state index contributed by atoms with van der Waals surface area (Å²) in [6.45, 7) is 7.30. The molecule has 118 valence electrons. The SMILES string of the molecule is CCCCC(CCC)NC(=O)c1cccc(NCCC)n1. The minimum atomic E-state index is -0.0651. The molecule has 0 aliphatic rings. The number of hydrogen-bond acceptors (Lipinski definition) is 3. The van der Waals surface area contributed by atoms with Crippen molar-refractivity contribution >= 4 is 11.7 Å². The van der Waals surface area contributed by atoms with Gasteiger partial charge in [0.05, 0.1) is 0 Å². The number of carbonyl (C=O) groups excluding carboxylic acids is 1. The maximum atomic E-state index is 12.3. The minimum Gasteiger partial charge on any atom is -0.370 e. The average molecular weight is 291 g/mol. The van der Waals surface area contributed by atoms with Crippen molar-refractivity contribution in [1.82, 2.24) is 10.3 Å². The molecule has 1 rings (SSSR count). The van der Waals surface area contributed by atoms with Crippen LogP contribution in [0.4, 0.5) is 5.82 Å². The van der Waals surface area contributed by atoms with Crippen LogP contribution in [0.5, 0.6) is 0 Å². The van der Waals surface area contributed by atoms with E-state index in [0.29, 0.717) is 5.69 Å². The Morgan fingerprint density at radius 3 is 2.62 bits per heavy atom. The minimum absolute atomic E-state index is 0.0651. The van der Waals surface area contributed by atoms with E-state index < -0.39 is 0 Å². The van der Waals surface area contributed by atoms with Crippen LogP contribution in [0.1, 0.15) is 69.8 Å². The van der Waals surface area contributed by atoms with E-state index in [1.54, 1.807) is 6.07 Å². The van der Waals surface area contributed by atoms with Gasteiger partial charge < -0.3 is 10.6 Å². The average Bonchev–Trinajstić information content (AvgIpc) is 2.51. The Balaban J connectivity index is 2.63. The number of nitrogens with zero attached hydrogens (tertiary/aromatic N) is 1. The topological polar surface area (TPSA) is 54.0 Å². The molecule has 2 N–H and O–H groups in total. The number of anilines is 1. The van der Waals surface area contributed by atoms with Gasteiger partial charge >= 0.3 is 0 Å². The molecule has 0 bridgehead atoms. The number of hydrogen-bond donors (Lipinski definition) is 2. The van der Waals surface area contributed by atoms with Gasteiger partial charge in [0.2, 0.25) is 0 Å². The van der Waals surface area contributed by atoms with Crippen molar-refractivity contribution in [2.24, 2.45) is 0 Å². The highest BCUT2D eigenvalue weighted by molar-refractivity contribution is 5.92. The van der Waals surface area contributed by atoms with Crippen molar-refractivity contribution in [2.75, 3.05) is 11.9 Å². The first-order valence-electron chi connectivity index (χ1n) is 8.23. The monoisotopic (exact) mass is 291 g/mol. The van der Waals surface area contributed by atoms with Crippen molar-refractivity contribution < 1.29 is 4.79 Å². The van der Waals surface area contributed by atoms with E-state index in [-0.39, 0.29) is 11.9 Å². The molecule has 0 spiro atoms. The molecule has 1 amide bonds. The van der Waals surface area contributed by atoms with Gasteiger partial charge in [-0.2, -0.15) is 0 Å². The highest BCUT2D eigenvalue weighted by atomic mass is 16.1. The van der Waals surface area contributed by atoms with E-state index in [1.807, 2.05) is 12.1 Å². The van der Waals surface area contributed by atoms with E-state index in [0.717, 1.165) is 50.9 Å². The number of amides is 1. The Bertz CT molecular complexity index is 420. The Morgan fingerprint density at radius 1 is 1.14 bits per heavy atom. The summed E-state index contributed by atoms with van der Waals surface area (Å²) in [5.74, 6) is 0.704. The molecule has 0 aliphatic carbocycles. The van der Waals surface area contributed by atoms with Crippen molar-refractivity contribution in [3.05, 3.63) is 23.9 Å². The molecular weight excluding hydrogens is 262 g/mol. The van der Waals surface area contributed by atoms with Crippen molar-refractivity contribution in [1.29, 1.82) is 0 Å². The van der Waals surface area contributed by atoms with Crippen molar-refractivity contribution in [3.8, 4) is 0 Å². The van der Waals surface area contributed by atoms with E-state index in [2.05, 4.69) is 36.4 Å². The number of unbranched alkanes of at least 4 members (excludes halogenated alkanes) is 1. The molecule has 1 heterocycles. The molecule has 0 aliphatic heterocycles. The fraction of sp³-hybridized carbons (Fsp3) is 0.647. The molecule has 4 nitrogen and oxygen atoms in total. The van der Waals surface area contributed by atoms with Gasteiger partial charge in [-0.1, -0.05) is 46.1 Å². The number of nitrogens with one attached hydrogen (secondary N) is 2. The third kappa shape index (κ3) is 6.61. The molecule has 0 saturated heterocycles. The van der Waals surface area contributed by atoms with Gasteiger partial charge in [-0.05, 0) is 31.4 Å². The van der Waals surface area contributed by atoms with E-state index in [1.165, 1.54) is 0 Å². The Labute approximate surface area is 128 Å². The van der Waals surface area contributed by atoms with Gasteiger partial charge in [0.1, 0.15) is 11.5 Å². The van der Waals surface area contributed by atoms with Crippen LogP contribution in [0.25, 0.3) is 0 Å². The van der Waals surface area contributed by atoms with Crippen LogP contribution in [0.2, 0.25) is 0 Å². The standard InChI is InChI=1S/C17H29N3O/c1-4-7-10-14(9-5-2)19-17(21)15-11-8-12-16(20-15)18-13-6-3/h8,11-12,14H,4-7,9-10,13H2,1-3H3,(H,18,20)(H,19,21). The van der Waals surface area contributed by atoms with Crippen LogP contribution in [0.15, 0.2) is 18.2 Å². The molecule has 21 heavy (non-hydrogen) atoms. The summed E-state index contributed by atoms with van der Waals surface area (Å²) in [5, 5.41) is 6.33. The zero-order chi connectivity index (χ0) is 15.5. The van der Waals surface area contributed by atoms with Crippen LogP contribution < -0.4 is 10.6 Å². The lowest BCUT2D eigenvalue weighted by Crippen LogP contribution is -2.35. The zero-order valence-electron chi connectivity index (χ0n) is 13.6. The smallest absolute Gasteiger partial charge is 0.270 e. The zero-order valence-corrected chi connectivity index (χ0v) is 13.6. The Hall–Kier alpha value is -1.58. The van der Waals surface area contributed by atoms with E-state index in [4.69, 9.17) is 0 Å². The van der Waals surface area contributed by atoms with Gasteiger partial charge in [0, 0.05) is 12.6 Å². The molecule has 0 aromatic carbocycles. The van der Waals surface area contributed by atoms with Crippen molar-refractivity contribution in [2.45, 2.75) is 65.3 Å². The molecule has 1 aromatic rings. The van der Waals surface area contributed by atoms with E-state index in [9.17, 15) is 4.79 Å². The molecule has 4 heteroatoms. The molecule has 0 fully saturated rings. The Morgan fingerprint density at radius 2 is 1.95 bits per heavy atom. The highest BCUT2D eigenvalue weighted by Crippen LogP contribution is 2.09. The fourth-order valence-electron chi connectivity index (χ4n) is 2.26. The molecule has 1 atom stereocenters. The lowest BCUT2D eigenvalue weighted by atomic mass is 10.0. The van der Waals surface area contributed by atoms with Crippen LogP contribution in [-0.4, -0.2) is 23.5 Å². The summed E-state index contributed by atoms with van der Waals surface area (Å²) in [6, 6.07) is 5.81. The van der Waals surface area contributed by atoms with Gasteiger partial charge in [0.15, 0.2) is 0 Å². The second kappa shape index (κ2) is 10.2. The fourth-order valence-corrected chi connectivity index (χ4v) is 2.26. The molecule has 0 saturated carbocycles. The maximum absolute atomic E-state index is 12.3. The van der Waals surface area contributed by atoms with Gasteiger partial charge in [-0.3, -0.25) is 4.79 Å². The second-order valence-corrected chi connectivity index (χ2v) is 5.44. The third-order valence-corrected chi connectivity index (χ3v) is 3.42. The quantitative estimate of drug-likeness (QED) is 0.685. The third-order valence-electron chi connectivity index (χ3n) is 3.42. The normalized spacial score (nSPS) is 12.0. The predicted molar refractivity (Wildman–Crippen MR) is 88.7 cm³/mol. The van der Waals surface area contributed by atoms with Gasteiger partial charge in [-0.25, -0.2) is 4.98 Å². The Kier molecular flexibility index (Phi) is 8.48. The number of rotatable bonds is 10. The van der Waals surface area contributed by atoms with Gasteiger partial charge in [0.25, 0.3) is 5.91 Å². The predicted octanol–water partition coefficient (Wildman–Crippen LogP) is 3.99. The second-order valence-electron chi connectivity index (χ2n) is 5.44. The molecular formula is C17H29N3O. The van der Waals surface area contributed by atoms with Gasteiger partial charge in [-0.15, -0.1) is 0 Å². The summed E-state index contributed by atoms with van der Waals surface area (Å²) in [6.07, 6.45) is 6.50. The molecule has 1 aromatic heterocycles. The summed E-state index contributed by atoms with van der Waals surface area (Å²) < 4.78 is 0. The summed E-state index contributed by atoms with van der Waals surface area (Å²) in [5.41, 5.74) is 0.494. The van der Waals surface area contributed by atoms with Crippen molar-refractivity contribution in [3.63, 3.8) is 0 Å². The van der Waals surface area contributed by atoms with E-state index >= 15 is 0 Å². The lowest BCUT2D eigenvalue weighted by molar-refractivity contribution is 0.0927. The first kappa shape index (κ1) is 17.5. The maximum Gasteiger partial charge on any atom is 0.270 e. The lowest BCUT2D eigenvalue weighted by Gasteiger charge is -2.17. The largest absolute Gasteiger partial charge is 0.370 e. The molecule has 1 unspecified atom stereocenters. The van der Waals surface area contributed by atoms with Crippen LogP contribution in [0.3, 0.4) is 0 Å². The first-order chi connectivity index (χ1) is 10.2. The number of aromatic nitrogens is 1. The van der Waals surface area contributed by atoms with Crippen LogP contribution >= 0.6 is 0 Å².